The molecule has 0 saturated carbocycles. The first-order chi connectivity index (χ1) is 10.7. The van der Waals surface area contributed by atoms with E-state index in [4.69, 9.17) is 9.47 Å². The SMILES string of the molecule is CC(C)OC(=O)c1c(Oc2cccc(C(F)(F)F)c2)nnn1C. The lowest BCUT2D eigenvalue weighted by Gasteiger charge is -2.10. The Morgan fingerprint density at radius 1 is 1.30 bits per heavy atom. The minimum Gasteiger partial charge on any atom is -0.458 e. The topological polar surface area (TPSA) is 66.2 Å². The maximum Gasteiger partial charge on any atom is 0.416 e. The van der Waals surface area contributed by atoms with E-state index in [0.29, 0.717) is 0 Å². The summed E-state index contributed by atoms with van der Waals surface area (Å²) in [5.74, 6) is -1.06. The first kappa shape index (κ1) is 16.8. The molecule has 2 aromatic rings. The number of rotatable bonds is 4. The van der Waals surface area contributed by atoms with Crippen molar-refractivity contribution < 1.29 is 27.4 Å². The molecule has 0 bridgehead atoms. The van der Waals surface area contributed by atoms with Gasteiger partial charge >= 0.3 is 12.1 Å². The lowest BCUT2D eigenvalue weighted by Crippen LogP contribution is -2.16. The van der Waals surface area contributed by atoms with Crippen LogP contribution in [0.4, 0.5) is 13.2 Å². The van der Waals surface area contributed by atoms with Crippen molar-refractivity contribution >= 4 is 5.97 Å². The highest BCUT2D eigenvalue weighted by Crippen LogP contribution is 2.32. The molecule has 0 amide bonds. The molecule has 0 aliphatic heterocycles. The number of nitrogens with zero attached hydrogens (tertiary/aromatic N) is 3. The van der Waals surface area contributed by atoms with E-state index < -0.39 is 17.7 Å². The molecule has 1 aromatic carbocycles. The average molecular weight is 329 g/mol. The van der Waals surface area contributed by atoms with Crippen LogP contribution < -0.4 is 4.74 Å². The van der Waals surface area contributed by atoms with E-state index >= 15 is 0 Å². The van der Waals surface area contributed by atoms with Crippen LogP contribution in [-0.4, -0.2) is 27.1 Å². The summed E-state index contributed by atoms with van der Waals surface area (Å²) in [5, 5.41) is 7.27. The maximum atomic E-state index is 12.7. The Balaban J connectivity index is 2.30. The Kier molecular flexibility index (Phi) is 4.57. The average Bonchev–Trinajstić information content (AvgIpc) is 2.78. The normalized spacial score (nSPS) is 11.6. The summed E-state index contributed by atoms with van der Waals surface area (Å²) >= 11 is 0. The summed E-state index contributed by atoms with van der Waals surface area (Å²) in [7, 11) is 1.45. The van der Waals surface area contributed by atoms with Crippen LogP contribution >= 0.6 is 0 Å². The van der Waals surface area contributed by atoms with Crippen molar-refractivity contribution in [3.05, 3.63) is 35.5 Å². The van der Waals surface area contributed by atoms with Crippen LogP contribution in [0.1, 0.15) is 29.9 Å². The van der Waals surface area contributed by atoms with Crippen LogP contribution in [0.5, 0.6) is 11.6 Å². The lowest BCUT2D eigenvalue weighted by atomic mass is 10.2. The largest absolute Gasteiger partial charge is 0.458 e. The summed E-state index contributed by atoms with van der Waals surface area (Å²) in [4.78, 5) is 12.0. The number of esters is 1. The molecule has 1 heterocycles. The van der Waals surface area contributed by atoms with Crippen molar-refractivity contribution in [1.82, 2.24) is 15.0 Å². The van der Waals surface area contributed by atoms with E-state index in [9.17, 15) is 18.0 Å². The van der Waals surface area contributed by atoms with Gasteiger partial charge in [0, 0.05) is 7.05 Å². The molecule has 0 aliphatic carbocycles. The van der Waals surface area contributed by atoms with Gasteiger partial charge in [0.15, 0.2) is 0 Å². The second-order valence-electron chi connectivity index (χ2n) is 4.95. The van der Waals surface area contributed by atoms with E-state index in [1.54, 1.807) is 13.8 Å². The predicted molar refractivity (Wildman–Crippen MR) is 73.1 cm³/mol. The molecule has 9 heteroatoms. The molecule has 0 N–H and O–H groups in total. The fourth-order valence-electron chi connectivity index (χ4n) is 1.74. The van der Waals surface area contributed by atoms with E-state index in [0.717, 1.165) is 16.8 Å². The molecule has 23 heavy (non-hydrogen) atoms. The van der Waals surface area contributed by atoms with Crippen LogP contribution in [0.25, 0.3) is 0 Å². The standard InChI is InChI=1S/C14H14F3N3O3/c1-8(2)22-13(21)11-12(18-19-20(11)3)23-10-6-4-5-9(7-10)14(15,16)17/h4-8H,1-3H3. The number of aromatic nitrogens is 3. The van der Waals surface area contributed by atoms with Gasteiger partial charge in [0.1, 0.15) is 5.75 Å². The van der Waals surface area contributed by atoms with Crippen molar-refractivity contribution in [2.24, 2.45) is 7.05 Å². The molecule has 124 valence electrons. The van der Waals surface area contributed by atoms with Gasteiger partial charge in [0.2, 0.25) is 5.69 Å². The van der Waals surface area contributed by atoms with Gasteiger partial charge < -0.3 is 9.47 Å². The van der Waals surface area contributed by atoms with Crippen LogP contribution in [0.2, 0.25) is 0 Å². The molecule has 0 aliphatic rings. The molecule has 0 atom stereocenters. The third-order valence-electron chi connectivity index (χ3n) is 2.71. The Hall–Kier alpha value is -2.58. The number of carbonyl (C=O) groups excluding carboxylic acids is 1. The second-order valence-corrected chi connectivity index (χ2v) is 4.95. The monoisotopic (exact) mass is 329 g/mol. The molecule has 0 saturated heterocycles. The van der Waals surface area contributed by atoms with E-state index in [1.807, 2.05) is 0 Å². The molecule has 0 unspecified atom stereocenters. The molecular weight excluding hydrogens is 315 g/mol. The van der Waals surface area contributed by atoms with Crippen LogP contribution in [0, 0.1) is 0 Å². The van der Waals surface area contributed by atoms with E-state index in [2.05, 4.69) is 10.3 Å². The first-order valence-corrected chi connectivity index (χ1v) is 6.64. The Morgan fingerprint density at radius 2 is 2.00 bits per heavy atom. The second kappa shape index (κ2) is 6.27. The third kappa shape index (κ3) is 3.99. The molecule has 1 aromatic heterocycles. The summed E-state index contributed by atoms with van der Waals surface area (Å²) in [6.45, 7) is 3.32. The number of aryl methyl sites for hydroxylation is 1. The lowest BCUT2D eigenvalue weighted by molar-refractivity contribution is -0.137. The number of hydrogen-bond acceptors (Lipinski definition) is 5. The molecule has 6 nitrogen and oxygen atoms in total. The molecule has 0 fully saturated rings. The Bertz CT molecular complexity index is 711. The van der Waals surface area contributed by atoms with Crippen molar-refractivity contribution in [1.29, 1.82) is 0 Å². The highest BCUT2D eigenvalue weighted by atomic mass is 19.4. The van der Waals surface area contributed by atoms with Gasteiger partial charge in [-0.15, -0.1) is 0 Å². The van der Waals surface area contributed by atoms with Crippen LogP contribution in [0.3, 0.4) is 0 Å². The van der Waals surface area contributed by atoms with E-state index in [-0.39, 0.29) is 23.4 Å². The van der Waals surface area contributed by atoms with Gasteiger partial charge in [-0.25, -0.2) is 9.48 Å². The summed E-state index contributed by atoms with van der Waals surface area (Å²) in [5.41, 5.74) is -0.957. The van der Waals surface area contributed by atoms with Crippen LogP contribution in [-0.2, 0) is 18.0 Å². The minimum absolute atomic E-state index is 0.0869. The van der Waals surface area contributed by atoms with Crippen LogP contribution in [0.15, 0.2) is 24.3 Å². The fourth-order valence-corrected chi connectivity index (χ4v) is 1.74. The zero-order valence-corrected chi connectivity index (χ0v) is 12.6. The highest BCUT2D eigenvalue weighted by Gasteiger charge is 2.31. The Morgan fingerprint density at radius 3 is 2.61 bits per heavy atom. The number of hydrogen-bond donors (Lipinski definition) is 0. The zero-order chi connectivity index (χ0) is 17.2. The summed E-state index contributed by atoms with van der Waals surface area (Å²) < 4.78 is 49.5. The third-order valence-corrected chi connectivity index (χ3v) is 2.71. The van der Waals surface area contributed by atoms with Gasteiger partial charge in [-0.05, 0) is 32.0 Å². The zero-order valence-electron chi connectivity index (χ0n) is 12.6. The number of benzene rings is 1. The molecule has 0 radical (unpaired) electrons. The molecule has 0 spiro atoms. The molecular formula is C14H14F3N3O3. The minimum atomic E-state index is -4.50. The van der Waals surface area contributed by atoms with E-state index in [1.165, 1.54) is 19.2 Å². The van der Waals surface area contributed by atoms with Gasteiger partial charge in [-0.2, -0.15) is 13.2 Å². The number of halogens is 3. The smallest absolute Gasteiger partial charge is 0.416 e. The summed E-state index contributed by atoms with van der Waals surface area (Å²) in [6, 6.07) is 4.24. The fraction of sp³-hybridized carbons (Fsp3) is 0.357. The number of carbonyl (C=O) groups is 1. The van der Waals surface area contributed by atoms with Gasteiger partial charge in [-0.3, -0.25) is 0 Å². The van der Waals surface area contributed by atoms with Crippen molar-refractivity contribution in [2.75, 3.05) is 0 Å². The summed E-state index contributed by atoms with van der Waals surface area (Å²) in [6.07, 6.45) is -4.87. The van der Waals surface area contributed by atoms with Crippen molar-refractivity contribution in [3.63, 3.8) is 0 Å². The van der Waals surface area contributed by atoms with Gasteiger partial charge in [-0.1, -0.05) is 16.4 Å². The number of ether oxygens (including phenoxy) is 2. The number of alkyl halides is 3. The predicted octanol–water partition coefficient (Wildman–Crippen LogP) is 3.19. The maximum absolute atomic E-state index is 12.7. The van der Waals surface area contributed by atoms with Gasteiger partial charge in [0.05, 0.1) is 11.7 Å². The van der Waals surface area contributed by atoms with Crippen molar-refractivity contribution in [2.45, 2.75) is 26.1 Å². The first-order valence-electron chi connectivity index (χ1n) is 6.64. The quantitative estimate of drug-likeness (QED) is 0.806. The molecule has 2 rings (SSSR count). The van der Waals surface area contributed by atoms with Crippen molar-refractivity contribution in [3.8, 4) is 11.6 Å². The van der Waals surface area contributed by atoms with Gasteiger partial charge in [0.25, 0.3) is 5.88 Å². The Labute approximate surface area is 129 Å². The highest BCUT2D eigenvalue weighted by molar-refractivity contribution is 5.90.